The number of ether oxygens (including phenoxy) is 2. The van der Waals surface area contributed by atoms with Crippen LogP contribution in [0.25, 0.3) is 0 Å². The van der Waals surface area contributed by atoms with E-state index in [0.29, 0.717) is 11.3 Å². The Morgan fingerprint density at radius 3 is 2.21 bits per heavy atom. The van der Waals surface area contributed by atoms with E-state index in [-0.39, 0.29) is 17.3 Å². The molecule has 0 aromatic heterocycles. The quantitative estimate of drug-likeness (QED) is 0.704. The molecule has 0 saturated heterocycles. The molecule has 0 heterocycles. The summed E-state index contributed by atoms with van der Waals surface area (Å²) in [5, 5.41) is 2.76. The van der Waals surface area contributed by atoms with E-state index in [9.17, 15) is 17.6 Å². The van der Waals surface area contributed by atoms with Gasteiger partial charge in [0.2, 0.25) is 15.9 Å². The fraction of sp³-hybridized carbons (Fsp3) is 0.350. The third kappa shape index (κ3) is 5.38. The van der Waals surface area contributed by atoms with E-state index in [4.69, 9.17) is 9.47 Å². The highest BCUT2D eigenvalue weighted by Gasteiger charge is 2.32. The van der Waals surface area contributed by atoms with Crippen LogP contribution in [-0.2, 0) is 14.8 Å². The van der Waals surface area contributed by atoms with Crippen LogP contribution in [0.1, 0.15) is 25.5 Å². The molecule has 0 spiro atoms. The van der Waals surface area contributed by atoms with Gasteiger partial charge in [-0.05, 0) is 43.7 Å². The molecule has 29 heavy (non-hydrogen) atoms. The van der Waals surface area contributed by atoms with Gasteiger partial charge in [0.25, 0.3) is 0 Å². The number of carbonyl (C=O) groups excluding carboxylic acids is 1. The minimum absolute atomic E-state index is 0.187. The number of nitrogens with one attached hydrogen (secondary N) is 1. The summed E-state index contributed by atoms with van der Waals surface area (Å²) in [5.41, 5.74) is 0.878. The molecular weight excluding hydrogens is 399 g/mol. The van der Waals surface area contributed by atoms with Crippen molar-refractivity contribution in [1.29, 1.82) is 0 Å². The van der Waals surface area contributed by atoms with Crippen molar-refractivity contribution in [3.63, 3.8) is 0 Å². The highest BCUT2D eigenvalue weighted by molar-refractivity contribution is 7.92. The zero-order valence-corrected chi connectivity index (χ0v) is 17.8. The van der Waals surface area contributed by atoms with Gasteiger partial charge >= 0.3 is 0 Å². The SMILES string of the molecule is COc1ccc(OC)c(N([C@@H](C)C(=O)N[C@@H](C)c2ccc(F)cc2)S(C)(=O)=O)c1. The number of hydrogen-bond acceptors (Lipinski definition) is 5. The van der Waals surface area contributed by atoms with E-state index in [1.165, 1.54) is 39.3 Å². The number of hydrogen-bond donors (Lipinski definition) is 1. The van der Waals surface area contributed by atoms with Crippen LogP contribution in [-0.4, -0.2) is 40.8 Å². The molecule has 158 valence electrons. The standard InChI is InChI=1S/C20H25FN2O5S/c1-13(15-6-8-16(21)9-7-15)22-20(24)14(2)23(29(5,25)26)18-12-17(27-3)10-11-19(18)28-4/h6-14H,1-5H3,(H,22,24)/t13-,14-/m0/s1. The Bertz CT molecular complexity index is 963. The lowest BCUT2D eigenvalue weighted by molar-refractivity contribution is -0.122. The molecule has 0 radical (unpaired) electrons. The Hall–Kier alpha value is -2.81. The van der Waals surface area contributed by atoms with Gasteiger partial charge in [-0.25, -0.2) is 12.8 Å². The van der Waals surface area contributed by atoms with Crippen LogP contribution in [0.3, 0.4) is 0 Å². The molecule has 2 rings (SSSR count). The second-order valence-electron chi connectivity index (χ2n) is 6.55. The average Bonchev–Trinajstić information content (AvgIpc) is 2.67. The predicted octanol–water partition coefficient (Wildman–Crippen LogP) is 2.87. The van der Waals surface area contributed by atoms with Crippen molar-refractivity contribution in [1.82, 2.24) is 5.32 Å². The summed E-state index contributed by atoms with van der Waals surface area (Å²) in [6.45, 7) is 3.21. The van der Waals surface area contributed by atoms with Crippen molar-refractivity contribution in [2.75, 3.05) is 24.8 Å². The molecule has 0 aliphatic heterocycles. The van der Waals surface area contributed by atoms with E-state index in [2.05, 4.69) is 5.32 Å². The molecule has 2 atom stereocenters. The van der Waals surface area contributed by atoms with Crippen LogP contribution in [0.5, 0.6) is 11.5 Å². The molecule has 9 heteroatoms. The van der Waals surface area contributed by atoms with Gasteiger partial charge in [-0.15, -0.1) is 0 Å². The van der Waals surface area contributed by atoms with Gasteiger partial charge in [-0.2, -0.15) is 0 Å². The smallest absolute Gasteiger partial charge is 0.244 e. The summed E-state index contributed by atoms with van der Waals surface area (Å²) in [4.78, 5) is 12.8. The summed E-state index contributed by atoms with van der Waals surface area (Å²) in [6.07, 6.45) is 1.01. The number of anilines is 1. The maximum Gasteiger partial charge on any atom is 0.244 e. The minimum Gasteiger partial charge on any atom is -0.497 e. The Morgan fingerprint density at radius 2 is 1.69 bits per heavy atom. The monoisotopic (exact) mass is 424 g/mol. The maximum absolute atomic E-state index is 13.1. The van der Waals surface area contributed by atoms with Crippen LogP contribution >= 0.6 is 0 Å². The number of rotatable bonds is 8. The summed E-state index contributed by atoms with van der Waals surface area (Å²) >= 11 is 0. The number of sulfonamides is 1. The molecule has 0 bridgehead atoms. The summed E-state index contributed by atoms with van der Waals surface area (Å²) in [7, 11) is -0.973. The molecule has 1 amide bonds. The normalized spacial score (nSPS) is 13.3. The van der Waals surface area contributed by atoms with Gasteiger partial charge in [-0.3, -0.25) is 9.10 Å². The summed E-state index contributed by atoms with van der Waals surface area (Å²) < 4.78 is 49.7. The number of benzene rings is 2. The number of amides is 1. The lowest BCUT2D eigenvalue weighted by Gasteiger charge is -2.30. The van der Waals surface area contributed by atoms with E-state index < -0.39 is 28.0 Å². The van der Waals surface area contributed by atoms with E-state index in [1.54, 1.807) is 31.2 Å². The van der Waals surface area contributed by atoms with E-state index in [1.807, 2.05) is 0 Å². The minimum atomic E-state index is -3.84. The Morgan fingerprint density at radius 1 is 1.07 bits per heavy atom. The fourth-order valence-electron chi connectivity index (χ4n) is 2.92. The van der Waals surface area contributed by atoms with Crippen molar-refractivity contribution in [3.8, 4) is 11.5 Å². The first kappa shape index (κ1) is 22.5. The van der Waals surface area contributed by atoms with Crippen LogP contribution in [0.2, 0.25) is 0 Å². The lowest BCUT2D eigenvalue weighted by atomic mass is 10.1. The van der Waals surface area contributed by atoms with Crippen molar-refractivity contribution in [2.24, 2.45) is 0 Å². The Kier molecular flexibility index (Phi) is 7.07. The first-order valence-electron chi connectivity index (χ1n) is 8.85. The van der Waals surface area contributed by atoms with Gasteiger partial charge in [0.1, 0.15) is 23.4 Å². The van der Waals surface area contributed by atoms with Crippen LogP contribution in [0.15, 0.2) is 42.5 Å². The zero-order valence-electron chi connectivity index (χ0n) is 17.0. The van der Waals surface area contributed by atoms with Crippen molar-refractivity contribution in [3.05, 3.63) is 53.8 Å². The van der Waals surface area contributed by atoms with Gasteiger partial charge in [0.05, 0.1) is 32.2 Å². The van der Waals surface area contributed by atoms with Gasteiger partial charge in [-0.1, -0.05) is 12.1 Å². The largest absolute Gasteiger partial charge is 0.497 e. The van der Waals surface area contributed by atoms with Crippen LogP contribution in [0, 0.1) is 5.82 Å². The lowest BCUT2D eigenvalue weighted by Crippen LogP contribution is -2.48. The van der Waals surface area contributed by atoms with Crippen molar-refractivity contribution in [2.45, 2.75) is 25.9 Å². The van der Waals surface area contributed by atoms with Gasteiger partial charge in [0.15, 0.2) is 0 Å². The predicted molar refractivity (Wildman–Crippen MR) is 109 cm³/mol. The van der Waals surface area contributed by atoms with Crippen molar-refractivity contribution < 1.29 is 27.1 Å². The first-order valence-corrected chi connectivity index (χ1v) is 10.7. The second-order valence-corrected chi connectivity index (χ2v) is 8.41. The molecule has 0 aliphatic rings. The highest BCUT2D eigenvalue weighted by Crippen LogP contribution is 2.35. The highest BCUT2D eigenvalue weighted by atomic mass is 32.2. The molecule has 1 N–H and O–H groups in total. The maximum atomic E-state index is 13.1. The van der Waals surface area contributed by atoms with Crippen molar-refractivity contribution >= 4 is 21.6 Å². The Balaban J connectivity index is 2.35. The second kappa shape index (κ2) is 9.13. The molecule has 2 aromatic carbocycles. The average molecular weight is 424 g/mol. The zero-order chi connectivity index (χ0) is 21.8. The number of halogens is 1. The van der Waals surface area contributed by atoms with Gasteiger partial charge in [0, 0.05) is 6.07 Å². The van der Waals surface area contributed by atoms with Crippen LogP contribution < -0.4 is 19.1 Å². The summed E-state index contributed by atoms with van der Waals surface area (Å²) in [5.74, 6) is -0.199. The number of methoxy groups -OCH3 is 2. The van der Waals surface area contributed by atoms with Crippen LogP contribution in [0.4, 0.5) is 10.1 Å². The molecule has 2 aromatic rings. The topological polar surface area (TPSA) is 84.9 Å². The number of nitrogens with zero attached hydrogens (tertiary/aromatic N) is 1. The third-order valence-electron chi connectivity index (χ3n) is 4.44. The van der Waals surface area contributed by atoms with E-state index in [0.717, 1.165) is 10.6 Å². The van der Waals surface area contributed by atoms with E-state index >= 15 is 0 Å². The fourth-order valence-corrected chi connectivity index (χ4v) is 4.09. The third-order valence-corrected chi connectivity index (χ3v) is 5.67. The van der Waals surface area contributed by atoms with Gasteiger partial charge < -0.3 is 14.8 Å². The molecule has 7 nitrogen and oxygen atoms in total. The summed E-state index contributed by atoms with van der Waals surface area (Å²) in [6, 6.07) is 8.88. The molecule has 0 fully saturated rings. The first-order chi connectivity index (χ1) is 13.6. The molecular formula is C20H25FN2O5S. The number of carbonyl (C=O) groups is 1. The molecule has 0 aliphatic carbocycles. The molecule has 0 unspecified atom stereocenters. The Labute approximate surface area is 170 Å². The molecule has 0 saturated carbocycles.